The predicted octanol–water partition coefficient (Wildman–Crippen LogP) is 4.23. The molecule has 2 aliphatic carbocycles. The highest BCUT2D eigenvalue weighted by atomic mass is 14.9. The molecule has 0 bridgehead atoms. The van der Waals surface area contributed by atoms with Crippen LogP contribution in [0.5, 0.6) is 0 Å². The fourth-order valence-corrected chi connectivity index (χ4v) is 3.71. The van der Waals surface area contributed by atoms with Crippen molar-refractivity contribution in [2.45, 2.75) is 65.2 Å². The Balaban J connectivity index is 1.80. The lowest BCUT2D eigenvalue weighted by Gasteiger charge is -2.38. The number of hydrogen-bond acceptors (Lipinski definition) is 1. The van der Waals surface area contributed by atoms with Crippen molar-refractivity contribution in [3.8, 4) is 0 Å². The Labute approximate surface area is 108 Å². The van der Waals surface area contributed by atoms with Crippen molar-refractivity contribution in [1.82, 2.24) is 5.32 Å². The van der Waals surface area contributed by atoms with Crippen molar-refractivity contribution in [2.24, 2.45) is 23.7 Å². The van der Waals surface area contributed by atoms with Gasteiger partial charge in [0, 0.05) is 0 Å². The predicted molar refractivity (Wildman–Crippen MR) is 75.1 cm³/mol. The molecule has 100 valence electrons. The minimum atomic E-state index is 0.794. The van der Waals surface area contributed by atoms with Crippen LogP contribution in [0.4, 0.5) is 0 Å². The zero-order valence-electron chi connectivity index (χ0n) is 11.9. The highest BCUT2D eigenvalue weighted by Crippen LogP contribution is 2.42. The fraction of sp³-hybridized carbons (Fsp3) is 1.00. The SMILES string of the molecule is CC(C)CNCC1CCCCCC1C1CCC1. The highest BCUT2D eigenvalue weighted by molar-refractivity contribution is 4.85. The van der Waals surface area contributed by atoms with Crippen LogP contribution in [0.25, 0.3) is 0 Å². The summed E-state index contributed by atoms with van der Waals surface area (Å²) < 4.78 is 0. The normalized spacial score (nSPS) is 31.2. The van der Waals surface area contributed by atoms with Crippen molar-refractivity contribution in [2.75, 3.05) is 13.1 Å². The van der Waals surface area contributed by atoms with Gasteiger partial charge in [-0.1, -0.05) is 52.4 Å². The summed E-state index contributed by atoms with van der Waals surface area (Å²) in [5.41, 5.74) is 0. The second-order valence-electron chi connectivity index (χ2n) is 6.81. The molecule has 2 fully saturated rings. The van der Waals surface area contributed by atoms with Gasteiger partial charge >= 0.3 is 0 Å². The molecular weight excluding hydrogens is 206 g/mol. The Morgan fingerprint density at radius 3 is 2.35 bits per heavy atom. The van der Waals surface area contributed by atoms with E-state index >= 15 is 0 Å². The average Bonchev–Trinajstić information content (AvgIpc) is 2.42. The van der Waals surface area contributed by atoms with E-state index in [4.69, 9.17) is 0 Å². The first-order valence-electron chi connectivity index (χ1n) is 7.98. The maximum atomic E-state index is 3.72. The Bertz CT molecular complexity index is 208. The van der Waals surface area contributed by atoms with Crippen LogP contribution in [0.15, 0.2) is 0 Å². The summed E-state index contributed by atoms with van der Waals surface area (Å²) in [4.78, 5) is 0. The van der Waals surface area contributed by atoms with E-state index in [-0.39, 0.29) is 0 Å². The quantitative estimate of drug-likeness (QED) is 0.706. The fourth-order valence-electron chi connectivity index (χ4n) is 3.71. The molecule has 0 aliphatic heterocycles. The molecule has 2 rings (SSSR count). The van der Waals surface area contributed by atoms with Crippen LogP contribution in [0, 0.1) is 23.7 Å². The summed E-state index contributed by atoms with van der Waals surface area (Å²) in [6.07, 6.45) is 12.1. The zero-order valence-corrected chi connectivity index (χ0v) is 11.9. The summed E-state index contributed by atoms with van der Waals surface area (Å²) >= 11 is 0. The van der Waals surface area contributed by atoms with E-state index in [0.717, 1.165) is 23.7 Å². The van der Waals surface area contributed by atoms with Crippen LogP contribution >= 0.6 is 0 Å². The summed E-state index contributed by atoms with van der Waals surface area (Å²) in [5, 5.41) is 3.72. The van der Waals surface area contributed by atoms with Gasteiger partial charge < -0.3 is 5.32 Å². The molecule has 1 nitrogen and oxygen atoms in total. The van der Waals surface area contributed by atoms with Gasteiger partial charge in [-0.25, -0.2) is 0 Å². The summed E-state index contributed by atoms with van der Waals surface area (Å²) in [7, 11) is 0. The molecule has 0 heterocycles. The van der Waals surface area contributed by atoms with Crippen LogP contribution < -0.4 is 5.32 Å². The van der Waals surface area contributed by atoms with E-state index in [9.17, 15) is 0 Å². The lowest BCUT2D eigenvalue weighted by molar-refractivity contribution is 0.132. The third-order valence-corrected chi connectivity index (χ3v) is 4.93. The van der Waals surface area contributed by atoms with Crippen LogP contribution in [-0.2, 0) is 0 Å². The van der Waals surface area contributed by atoms with Crippen LogP contribution in [0.3, 0.4) is 0 Å². The minimum absolute atomic E-state index is 0.794. The lowest BCUT2D eigenvalue weighted by Crippen LogP contribution is -2.35. The molecule has 1 N–H and O–H groups in total. The molecule has 2 unspecified atom stereocenters. The molecule has 17 heavy (non-hydrogen) atoms. The van der Waals surface area contributed by atoms with E-state index in [1.165, 1.54) is 64.5 Å². The van der Waals surface area contributed by atoms with Gasteiger partial charge in [-0.2, -0.15) is 0 Å². The maximum Gasteiger partial charge on any atom is -0.00177 e. The number of hydrogen-bond donors (Lipinski definition) is 1. The topological polar surface area (TPSA) is 12.0 Å². The van der Waals surface area contributed by atoms with Gasteiger partial charge in [0.15, 0.2) is 0 Å². The third-order valence-electron chi connectivity index (χ3n) is 4.93. The molecule has 0 aromatic rings. The molecule has 0 amide bonds. The Kier molecular flexibility index (Phi) is 5.34. The van der Waals surface area contributed by atoms with Gasteiger partial charge in [-0.15, -0.1) is 0 Å². The van der Waals surface area contributed by atoms with E-state index in [2.05, 4.69) is 19.2 Å². The first-order valence-corrected chi connectivity index (χ1v) is 7.98. The molecule has 2 saturated carbocycles. The maximum absolute atomic E-state index is 3.72. The standard InChI is InChI=1S/C16H31N/c1-13(2)11-17-12-15-7-4-3-5-10-16(15)14-8-6-9-14/h13-17H,3-12H2,1-2H3. The van der Waals surface area contributed by atoms with Gasteiger partial charge in [-0.05, 0) is 49.6 Å². The van der Waals surface area contributed by atoms with Crippen molar-refractivity contribution >= 4 is 0 Å². The molecule has 0 spiro atoms. The van der Waals surface area contributed by atoms with E-state index in [1.807, 2.05) is 0 Å². The van der Waals surface area contributed by atoms with Crippen LogP contribution in [0.2, 0.25) is 0 Å². The Morgan fingerprint density at radius 2 is 1.71 bits per heavy atom. The Morgan fingerprint density at radius 1 is 0.941 bits per heavy atom. The molecule has 0 saturated heterocycles. The first-order chi connectivity index (χ1) is 8.27. The van der Waals surface area contributed by atoms with Crippen molar-refractivity contribution < 1.29 is 0 Å². The first kappa shape index (κ1) is 13.4. The third kappa shape index (κ3) is 3.98. The number of nitrogens with one attached hydrogen (secondary N) is 1. The molecule has 1 heteroatoms. The largest absolute Gasteiger partial charge is 0.316 e. The summed E-state index contributed by atoms with van der Waals surface area (Å²) in [6.45, 7) is 7.11. The minimum Gasteiger partial charge on any atom is -0.316 e. The van der Waals surface area contributed by atoms with Crippen LogP contribution in [-0.4, -0.2) is 13.1 Å². The second kappa shape index (κ2) is 6.78. The summed E-state index contributed by atoms with van der Waals surface area (Å²) in [6, 6.07) is 0. The van der Waals surface area contributed by atoms with Crippen molar-refractivity contribution in [1.29, 1.82) is 0 Å². The van der Waals surface area contributed by atoms with E-state index in [0.29, 0.717) is 0 Å². The Hall–Kier alpha value is -0.0400. The highest BCUT2D eigenvalue weighted by Gasteiger charge is 2.33. The molecule has 0 aromatic heterocycles. The van der Waals surface area contributed by atoms with E-state index < -0.39 is 0 Å². The molecule has 0 aromatic carbocycles. The molecular formula is C16H31N. The van der Waals surface area contributed by atoms with E-state index in [1.54, 1.807) is 0 Å². The zero-order chi connectivity index (χ0) is 12.1. The van der Waals surface area contributed by atoms with Gasteiger partial charge in [0.2, 0.25) is 0 Å². The van der Waals surface area contributed by atoms with Crippen molar-refractivity contribution in [3.63, 3.8) is 0 Å². The molecule has 2 atom stereocenters. The lowest BCUT2D eigenvalue weighted by atomic mass is 9.69. The van der Waals surface area contributed by atoms with Crippen molar-refractivity contribution in [3.05, 3.63) is 0 Å². The second-order valence-corrected chi connectivity index (χ2v) is 6.81. The smallest absolute Gasteiger partial charge is 0.00177 e. The molecule has 0 radical (unpaired) electrons. The van der Waals surface area contributed by atoms with Gasteiger partial charge in [-0.3, -0.25) is 0 Å². The van der Waals surface area contributed by atoms with Gasteiger partial charge in [0.1, 0.15) is 0 Å². The van der Waals surface area contributed by atoms with Gasteiger partial charge in [0.25, 0.3) is 0 Å². The summed E-state index contributed by atoms with van der Waals surface area (Å²) in [5.74, 6) is 3.94. The van der Waals surface area contributed by atoms with Gasteiger partial charge in [0.05, 0.1) is 0 Å². The number of rotatable bonds is 5. The average molecular weight is 237 g/mol. The monoisotopic (exact) mass is 237 g/mol. The molecule has 2 aliphatic rings. The van der Waals surface area contributed by atoms with Crippen LogP contribution in [0.1, 0.15) is 65.2 Å².